The van der Waals surface area contributed by atoms with Gasteiger partial charge in [-0.3, -0.25) is 9.98 Å². The van der Waals surface area contributed by atoms with Crippen LogP contribution in [0.2, 0.25) is 0 Å². The van der Waals surface area contributed by atoms with Crippen LogP contribution in [0.4, 0.5) is 11.4 Å². The Morgan fingerprint density at radius 3 is 1.16 bits per heavy atom. The van der Waals surface area contributed by atoms with Gasteiger partial charge in [0.15, 0.2) is 0 Å². The molecular weight excluding hydrogens is 374 g/mol. The molecule has 25 heavy (non-hydrogen) atoms. The fourth-order valence-corrected chi connectivity index (χ4v) is 2.46. The summed E-state index contributed by atoms with van der Waals surface area (Å²) in [6.45, 7) is 12.4. The first kappa shape index (κ1) is 23.6. The van der Waals surface area contributed by atoms with Crippen LogP contribution in [0.1, 0.15) is 36.1 Å². The Hall–Kier alpha value is -1.44. The number of halogens is 1. The van der Waals surface area contributed by atoms with Crippen molar-refractivity contribution in [2.75, 3.05) is 0 Å². The van der Waals surface area contributed by atoms with Crippen LogP contribution in [0.3, 0.4) is 0 Å². The predicted octanol–water partition coefficient (Wildman–Crippen LogP) is 6.94. The zero-order valence-corrected chi connectivity index (χ0v) is 17.8. The third-order valence-electron chi connectivity index (χ3n) is 3.96. The van der Waals surface area contributed by atoms with Gasteiger partial charge >= 0.3 is 24.8 Å². The first-order chi connectivity index (χ1) is 11.4. The molecule has 4 heteroatoms. The molecule has 0 aliphatic rings. The van der Waals surface area contributed by atoms with Crippen LogP contribution in [0.15, 0.2) is 46.4 Å². The second kappa shape index (κ2) is 11.2. The van der Waals surface area contributed by atoms with Crippen molar-refractivity contribution < 1.29 is 14.6 Å². The second-order valence-electron chi connectivity index (χ2n) is 5.88. The molecule has 2 aromatic rings. The van der Waals surface area contributed by atoms with Crippen LogP contribution in [0, 0.1) is 35.1 Å². The molecule has 2 aromatic carbocycles. The van der Waals surface area contributed by atoms with Crippen LogP contribution >= 0.6 is 10.2 Å². The number of hydrogen-bond acceptors (Lipinski definition) is 2. The van der Waals surface area contributed by atoms with Gasteiger partial charge in [-0.15, -0.1) is 0 Å². The Labute approximate surface area is 165 Å². The van der Waals surface area contributed by atoms with Gasteiger partial charge in [0.1, 0.15) is 0 Å². The van der Waals surface area contributed by atoms with Crippen LogP contribution in [0.5, 0.6) is 0 Å². The predicted molar refractivity (Wildman–Crippen MR) is 110 cm³/mol. The zero-order chi connectivity index (χ0) is 18.3. The summed E-state index contributed by atoms with van der Waals surface area (Å²) >= 11 is 3.35. The summed E-state index contributed by atoms with van der Waals surface area (Å²) in [5, 5.41) is 0. The summed E-state index contributed by atoms with van der Waals surface area (Å²) in [7, 11) is 4.26. The SMILES string of the molecule is CC(=Nc1c(C)cccc1C)C(C)=Nc1c(C)cccc1C.[CH3-].[Cl][Ni]. The van der Waals surface area contributed by atoms with E-state index in [0.29, 0.717) is 0 Å². The number of aliphatic imine (C=N–C) groups is 2. The van der Waals surface area contributed by atoms with E-state index in [2.05, 4.69) is 88.9 Å². The van der Waals surface area contributed by atoms with E-state index in [1.165, 1.54) is 22.3 Å². The first-order valence-corrected chi connectivity index (χ1v) is 9.11. The van der Waals surface area contributed by atoms with E-state index in [4.69, 9.17) is 9.98 Å². The van der Waals surface area contributed by atoms with Crippen LogP contribution in [0.25, 0.3) is 0 Å². The monoisotopic (exact) mass is 400 g/mol. The van der Waals surface area contributed by atoms with Crippen molar-refractivity contribution in [1.82, 2.24) is 0 Å². The molecule has 0 aliphatic carbocycles. The molecule has 0 saturated heterocycles. The molecule has 0 atom stereocenters. The molecule has 0 radical (unpaired) electrons. The maximum atomic E-state index is 4.80. The number of hydrogen-bond donors (Lipinski definition) is 0. The van der Waals surface area contributed by atoms with Crippen molar-refractivity contribution in [3.8, 4) is 0 Å². The van der Waals surface area contributed by atoms with E-state index in [9.17, 15) is 0 Å². The summed E-state index contributed by atoms with van der Waals surface area (Å²) < 4.78 is 0. The van der Waals surface area contributed by atoms with Crippen molar-refractivity contribution in [2.24, 2.45) is 9.98 Å². The van der Waals surface area contributed by atoms with E-state index >= 15 is 0 Å². The number of para-hydroxylation sites is 2. The third kappa shape index (κ3) is 6.42. The van der Waals surface area contributed by atoms with Gasteiger partial charge in [-0.1, -0.05) is 36.4 Å². The van der Waals surface area contributed by atoms with Gasteiger partial charge in [-0.05, 0) is 63.8 Å². The molecule has 0 unspecified atom stereocenters. The molecule has 0 heterocycles. The van der Waals surface area contributed by atoms with Crippen LogP contribution < -0.4 is 0 Å². The molecule has 0 aliphatic heterocycles. The van der Waals surface area contributed by atoms with Crippen LogP contribution in [-0.4, -0.2) is 11.4 Å². The molecule has 0 saturated carbocycles. The Kier molecular flexibility index (Phi) is 10.6. The molecule has 2 rings (SSSR count). The standard InChI is InChI=1S/C20H24N2.CH3.ClH.Ni/c1-13-9-7-10-14(2)19(13)21-17(5)18(6)22-20-15(3)11-8-12-16(20)4;;;/h7-12H,1-6H3;1H3;1H;/q;-1;;+1/p-1. The Bertz CT molecular complexity index is 658. The maximum absolute atomic E-state index is 4.80. The van der Waals surface area contributed by atoms with Gasteiger partial charge in [-0.25, -0.2) is 0 Å². The molecular formula is C21H27ClN2Ni-. The summed E-state index contributed by atoms with van der Waals surface area (Å²) in [4.78, 5) is 9.60. The zero-order valence-electron chi connectivity index (χ0n) is 16.1. The summed E-state index contributed by atoms with van der Waals surface area (Å²) in [5.41, 5.74) is 8.80. The van der Waals surface area contributed by atoms with Crippen molar-refractivity contribution in [1.29, 1.82) is 0 Å². The topological polar surface area (TPSA) is 24.7 Å². The minimum absolute atomic E-state index is 0. The quantitative estimate of drug-likeness (QED) is 0.302. The van der Waals surface area contributed by atoms with Crippen molar-refractivity contribution in [3.05, 3.63) is 66.1 Å². The second-order valence-corrected chi connectivity index (χ2v) is 5.88. The molecule has 0 aromatic heterocycles. The summed E-state index contributed by atoms with van der Waals surface area (Å²) in [6, 6.07) is 12.5. The van der Waals surface area contributed by atoms with Crippen LogP contribution in [-0.2, 0) is 14.6 Å². The Balaban J connectivity index is 0.00000185. The molecule has 2 nitrogen and oxygen atoms in total. The molecule has 139 valence electrons. The van der Waals surface area contributed by atoms with E-state index in [-0.39, 0.29) is 7.43 Å². The number of nitrogens with zero attached hydrogens (tertiary/aromatic N) is 2. The van der Waals surface area contributed by atoms with Crippen molar-refractivity contribution in [3.63, 3.8) is 0 Å². The summed E-state index contributed by atoms with van der Waals surface area (Å²) in [5.74, 6) is 0. The molecule has 0 N–H and O–H groups in total. The van der Waals surface area contributed by atoms with Gasteiger partial charge in [0, 0.05) is 0 Å². The van der Waals surface area contributed by atoms with E-state index < -0.39 is 0 Å². The average Bonchev–Trinajstić information content (AvgIpc) is 2.56. The van der Waals surface area contributed by atoms with Crippen molar-refractivity contribution in [2.45, 2.75) is 41.5 Å². The van der Waals surface area contributed by atoms with E-state index in [1.54, 1.807) is 0 Å². The van der Waals surface area contributed by atoms with Crippen molar-refractivity contribution >= 4 is 33.0 Å². The van der Waals surface area contributed by atoms with Gasteiger partial charge in [0.2, 0.25) is 0 Å². The summed E-state index contributed by atoms with van der Waals surface area (Å²) in [6.07, 6.45) is 0. The van der Waals surface area contributed by atoms with Gasteiger partial charge < -0.3 is 7.43 Å². The van der Waals surface area contributed by atoms with Gasteiger partial charge in [0.25, 0.3) is 0 Å². The van der Waals surface area contributed by atoms with E-state index in [1.807, 2.05) is 13.8 Å². The number of aryl methyl sites for hydroxylation is 4. The third-order valence-corrected chi connectivity index (χ3v) is 3.96. The Morgan fingerprint density at radius 1 is 0.680 bits per heavy atom. The van der Waals surface area contributed by atoms with Gasteiger partial charge in [0.05, 0.1) is 22.8 Å². The van der Waals surface area contributed by atoms with E-state index in [0.717, 1.165) is 22.8 Å². The Morgan fingerprint density at radius 2 is 0.920 bits per heavy atom. The first-order valence-electron chi connectivity index (χ1n) is 7.75. The van der Waals surface area contributed by atoms with Gasteiger partial charge in [-0.2, -0.15) is 0 Å². The average molecular weight is 402 g/mol. The molecule has 0 fully saturated rings. The number of benzene rings is 2. The molecule has 0 spiro atoms. The molecule has 0 bridgehead atoms. The molecule has 0 amide bonds. The fourth-order valence-electron chi connectivity index (χ4n) is 2.46. The fraction of sp³-hybridized carbons (Fsp3) is 0.286. The minimum atomic E-state index is 0. The normalized spacial score (nSPS) is 11.4. The number of rotatable bonds is 3.